The lowest BCUT2D eigenvalue weighted by atomic mass is 10.1. The molecule has 25 heavy (non-hydrogen) atoms. The van der Waals surface area contributed by atoms with Crippen molar-refractivity contribution >= 4 is 21.8 Å². The van der Waals surface area contributed by atoms with Gasteiger partial charge in [0.25, 0.3) is 5.91 Å². The molecule has 1 aromatic carbocycles. The quantitative estimate of drug-likeness (QED) is 0.694. The predicted molar refractivity (Wildman–Crippen MR) is 91.6 cm³/mol. The van der Waals surface area contributed by atoms with E-state index in [1.807, 2.05) is 0 Å². The fourth-order valence-electron chi connectivity index (χ4n) is 2.28. The summed E-state index contributed by atoms with van der Waals surface area (Å²) in [6.07, 6.45) is 0.824. The number of nitrogens with zero attached hydrogens (tertiary/aromatic N) is 1. The van der Waals surface area contributed by atoms with Crippen LogP contribution >= 0.6 is 0 Å². The number of carbonyl (C=O) groups excluding carboxylic acids is 2. The molecule has 1 atom stereocenters. The van der Waals surface area contributed by atoms with Gasteiger partial charge < -0.3 is 15.0 Å². The van der Waals surface area contributed by atoms with Gasteiger partial charge in [-0.25, -0.2) is 13.1 Å². The number of amides is 2. The topological polar surface area (TPSA) is 105 Å². The first-order valence-corrected chi connectivity index (χ1v) is 9.44. The van der Waals surface area contributed by atoms with Crippen molar-refractivity contribution in [3.05, 3.63) is 29.8 Å². The number of likely N-dealkylation sites (N-methyl/N-ethyl adjacent to an activating group) is 1. The first kappa shape index (κ1) is 19.4. The van der Waals surface area contributed by atoms with E-state index in [9.17, 15) is 18.0 Å². The normalized spacial score (nSPS) is 17.3. The minimum Gasteiger partial charge on any atom is -0.381 e. The molecule has 2 rings (SSSR count). The number of ether oxygens (including phenoxy) is 1. The highest BCUT2D eigenvalue weighted by Crippen LogP contribution is 2.15. The van der Waals surface area contributed by atoms with Crippen LogP contribution in [-0.4, -0.2) is 65.5 Å². The van der Waals surface area contributed by atoms with Gasteiger partial charge in [0.15, 0.2) is 0 Å². The van der Waals surface area contributed by atoms with Crippen molar-refractivity contribution in [3.8, 4) is 0 Å². The van der Waals surface area contributed by atoms with Crippen molar-refractivity contribution in [2.45, 2.75) is 11.3 Å². The van der Waals surface area contributed by atoms with Crippen molar-refractivity contribution in [3.63, 3.8) is 0 Å². The second-order valence-electron chi connectivity index (χ2n) is 6.08. The Morgan fingerprint density at radius 3 is 2.72 bits per heavy atom. The molecule has 1 heterocycles. The summed E-state index contributed by atoms with van der Waals surface area (Å²) in [4.78, 5) is 25.0. The smallest absolute Gasteiger partial charge is 0.251 e. The average molecular weight is 369 g/mol. The van der Waals surface area contributed by atoms with Crippen LogP contribution in [0.4, 0.5) is 0 Å². The summed E-state index contributed by atoms with van der Waals surface area (Å²) in [5.74, 6) is -0.590. The van der Waals surface area contributed by atoms with E-state index in [0.717, 1.165) is 6.42 Å². The molecular formula is C16H23N3O5S. The maximum absolute atomic E-state index is 12.4. The number of carbonyl (C=O) groups is 2. The zero-order chi connectivity index (χ0) is 18.4. The lowest BCUT2D eigenvalue weighted by Gasteiger charge is -2.12. The van der Waals surface area contributed by atoms with Gasteiger partial charge in [0, 0.05) is 32.8 Å². The summed E-state index contributed by atoms with van der Waals surface area (Å²) >= 11 is 0. The number of sulfonamides is 1. The Bertz CT molecular complexity index is 727. The Morgan fingerprint density at radius 2 is 2.08 bits per heavy atom. The summed E-state index contributed by atoms with van der Waals surface area (Å²) in [5, 5.41) is 2.47. The molecule has 2 amide bonds. The largest absolute Gasteiger partial charge is 0.381 e. The number of nitrogens with one attached hydrogen (secondary N) is 2. The van der Waals surface area contributed by atoms with Crippen LogP contribution in [0, 0.1) is 5.92 Å². The van der Waals surface area contributed by atoms with Crippen LogP contribution in [0.3, 0.4) is 0 Å². The molecule has 8 nitrogen and oxygen atoms in total. The van der Waals surface area contributed by atoms with Crippen molar-refractivity contribution in [2.75, 3.05) is 40.4 Å². The fourth-order valence-corrected chi connectivity index (χ4v) is 3.44. The minimum absolute atomic E-state index is 0.0120. The molecule has 0 saturated carbocycles. The van der Waals surface area contributed by atoms with E-state index in [2.05, 4.69) is 10.0 Å². The Morgan fingerprint density at radius 1 is 1.32 bits per heavy atom. The van der Waals surface area contributed by atoms with Gasteiger partial charge in [-0.15, -0.1) is 0 Å². The Labute approximate surface area is 147 Å². The molecule has 1 saturated heterocycles. The standard InChI is InChI=1S/C16H23N3O5S/c1-19(2)15(20)10-17-16(21)13-4-3-5-14(8-13)25(22,23)18-9-12-6-7-24-11-12/h3-5,8,12,18H,6-7,9-11H2,1-2H3,(H,17,21). The zero-order valence-corrected chi connectivity index (χ0v) is 15.1. The maximum atomic E-state index is 12.4. The van der Waals surface area contributed by atoms with Crippen molar-refractivity contribution in [1.29, 1.82) is 0 Å². The van der Waals surface area contributed by atoms with Gasteiger partial charge in [-0.05, 0) is 30.5 Å². The highest BCUT2D eigenvalue weighted by atomic mass is 32.2. The summed E-state index contributed by atoms with van der Waals surface area (Å²) < 4.78 is 32.5. The molecule has 2 N–H and O–H groups in total. The van der Waals surface area contributed by atoms with Crippen LogP contribution in [0.15, 0.2) is 29.2 Å². The van der Waals surface area contributed by atoms with Gasteiger partial charge in [0.1, 0.15) is 0 Å². The Hall–Kier alpha value is -1.97. The summed E-state index contributed by atoms with van der Waals surface area (Å²) in [7, 11) is -0.537. The summed E-state index contributed by atoms with van der Waals surface area (Å²) in [6, 6.07) is 5.72. The predicted octanol–water partition coefficient (Wildman–Crippen LogP) is -0.181. The monoisotopic (exact) mass is 369 g/mol. The number of hydrogen-bond donors (Lipinski definition) is 2. The van der Waals surface area contributed by atoms with E-state index in [-0.39, 0.29) is 28.8 Å². The number of benzene rings is 1. The van der Waals surface area contributed by atoms with Gasteiger partial charge in [0.05, 0.1) is 18.0 Å². The lowest BCUT2D eigenvalue weighted by molar-refractivity contribution is -0.127. The van der Waals surface area contributed by atoms with E-state index < -0.39 is 15.9 Å². The van der Waals surface area contributed by atoms with E-state index in [0.29, 0.717) is 19.8 Å². The van der Waals surface area contributed by atoms with Crippen LogP contribution in [0.1, 0.15) is 16.8 Å². The number of rotatable bonds is 7. The van der Waals surface area contributed by atoms with Crippen LogP contribution in [0.25, 0.3) is 0 Å². The molecule has 138 valence electrons. The molecule has 9 heteroatoms. The molecule has 1 aliphatic heterocycles. The van der Waals surface area contributed by atoms with Crippen LogP contribution in [0.5, 0.6) is 0 Å². The third-order valence-electron chi connectivity index (χ3n) is 3.89. The van der Waals surface area contributed by atoms with Gasteiger partial charge in [-0.1, -0.05) is 6.07 Å². The second kappa shape index (κ2) is 8.41. The molecule has 0 aliphatic carbocycles. The molecule has 0 bridgehead atoms. The van der Waals surface area contributed by atoms with Crippen LogP contribution in [0.2, 0.25) is 0 Å². The first-order valence-electron chi connectivity index (χ1n) is 7.95. The molecule has 1 unspecified atom stereocenters. The molecule has 1 aromatic rings. The number of hydrogen-bond acceptors (Lipinski definition) is 5. The molecule has 0 radical (unpaired) electrons. The van der Waals surface area contributed by atoms with Gasteiger partial charge in [-0.2, -0.15) is 0 Å². The Balaban J connectivity index is 2.01. The average Bonchev–Trinajstić information content (AvgIpc) is 3.11. The highest BCUT2D eigenvalue weighted by molar-refractivity contribution is 7.89. The highest BCUT2D eigenvalue weighted by Gasteiger charge is 2.21. The lowest BCUT2D eigenvalue weighted by Crippen LogP contribution is -2.36. The Kier molecular flexibility index (Phi) is 6.51. The molecule has 1 fully saturated rings. The molecular weight excluding hydrogens is 346 g/mol. The third-order valence-corrected chi connectivity index (χ3v) is 5.31. The summed E-state index contributed by atoms with van der Waals surface area (Å²) in [5.41, 5.74) is 0.179. The SMILES string of the molecule is CN(C)C(=O)CNC(=O)c1cccc(S(=O)(=O)NCC2CCOC2)c1. The van der Waals surface area contributed by atoms with Crippen molar-refractivity contribution < 1.29 is 22.7 Å². The van der Waals surface area contributed by atoms with Gasteiger partial charge >= 0.3 is 0 Å². The van der Waals surface area contributed by atoms with Gasteiger partial charge in [0.2, 0.25) is 15.9 Å². The maximum Gasteiger partial charge on any atom is 0.251 e. The summed E-state index contributed by atoms with van der Waals surface area (Å²) in [6.45, 7) is 1.34. The van der Waals surface area contributed by atoms with Gasteiger partial charge in [-0.3, -0.25) is 9.59 Å². The van der Waals surface area contributed by atoms with E-state index in [1.165, 1.54) is 29.2 Å². The van der Waals surface area contributed by atoms with E-state index >= 15 is 0 Å². The second-order valence-corrected chi connectivity index (χ2v) is 7.85. The third kappa shape index (κ3) is 5.52. The molecule has 0 aromatic heterocycles. The molecule has 0 spiro atoms. The van der Waals surface area contributed by atoms with E-state index in [4.69, 9.17) is 4.74 Å². The van der Waals surface area contributed by atoms with Crippen LogP contribution in [-0.2, 0) is 19.6 Å². The first-order chi connectivity index (χ1) is 11.8. The zero-order valence-electron chi connectivity index (χ0n) is 14.3. The van der Waals surface area contributed by atoms with E-state index in [1.54, 1.807) is 14.1 Å². The van der Waals surface area contributed by atoms with Crippen LogP contribution < -0.4 is 10.0 Å². The minimum atomic E-state index is -3.71. The van der Waals surface area contributed by atoms with Crippen molar-refractivity contribution in [1.82, 2.24) is 14.9 Å². The van der Waals surface area contributed by atoms with Crippen molar-refractivity contribution in [2.24, 2.45) is 5.92 Å². The molecule has 1 aliphatic rings. The fraction of sp³-hybridized carbons (Fsp3) is 0.500.